The lowest BCUT2D eigenvalue weighted by molar-refractivity contribution is 0.0951. The van der Waals surface area contributed by atoms with Crippen molar-refractivity contribution in [3.63, 3.8) is 0 Å². The first-order valence-corrected chi connectivity index (χ1v) is 9.39. The van der Waals surface area contributed by atoms with Crippen molar-refractivity contribution in [2.75, 3.05) is 29.6 Å². The van der Waals surface area contributed by atoms with Crippen LogP contribution in [0.4, 0.5) is 26.2 Å². The van der Waals surface area contributed by atoms with Gasteiger partial charge >= 0.3 is 6.03 Å². The number of nitrogens with zero attached hydrogens (tertiary/aromatic N) is 1. The molecule has 7 heteroatoms. The first-order valence-electron chi connectivity index (χ1n) is 9.39. The van der Waals surface area contributed by atoms with Crippen molar-refractivity contribution in [1.29, 1.82) is 0 Å². The average molecular weight is 406 g/mol. The smallest absolute Gasteiger partial charge is 0.323 e. The third-order valence-corrected chi connectivity index (χ3v) is 4.36. The lowest BCUT2D eigenvalue weighted by Crippen LogP contribution is -2.26. The summed E-state index contributed by atoms with van der Waals surface area (Å²) in [6, 6.07) is 19.7. The predicted molar refractivity (Wildman–Crippen MR) is 117 cm³/mol. The van der Waals surface area contributed by atoms with Gasteiger partial charge in [-0.15, -0.1) is 0 Å². The summed E-state index contributed by atoms with van der Waals surface area (Å²) in [4.78, 5) is 26.9. The fourth-order valence-electron chi connectivity index (χ4n) is 2.92. The number of amides is 3. The van der Waals surface area contributed by atoms with Crippen LogP contribution in [-0.2, 0) is 6.54 Å². The Balaban J connectivity index is 1.73. The normalized spacial score (nSPS) is 10.2. The van der Waals surface area contributed by atoms with E-state index in [4.69, 9.17) is 0 Å². The molecular formula is C23H23FN4O2. The van der Waals surface area contributed by atoms with Gasteiger partial charge in [-0.1, -0.05) is 36.4 Å². The van der Waals surface area contributed by atoms with E-state index < -0.39 is 11.8 Å². The van der Waals surface area contributed by atoms with E-state index in [1.807, 2.05) is 49.3 Å². The minimum Gasteiger partial charge on any atom is -0.377 e. The number of urea groups is 1. The monoisotopic (exact) mass is 406 g/mol. The minimum absolute atomic E-state index is 0.253. The molecule has 3 rings (SSSR count). The molecule has 0 saturated heterocycles. The van der Waals surface area contributed by atoms with E-state index in [2.05, 4.69) is 16.0 Å². The largest absolute Gasteiger partial charge is 0.377 e. The summed E-state index contributed by atoms with van der Waals surface area (Å²) in [5, 5.41) is 8.14. The first kappa shape index (κ1) is 20.9. The molecule has 0 bridgehead atoms. The van der Waals surface area contributed by atoms with E-state index in [0.29, 0.717) is 23.5 Å². The van der Waals surface area contributed by atoms with Crippen molar-refractivity contribution in [3.05, 3.63) is 89.7 Å². The van der Waals surface area contributed by atoms with Gasteiger partial charge in [0.15, 0.2) is 0 Å². The highest BCUT2D eigenvalue weighted by Crippen LogP contribution is 2.23. The highest BCUT2D eigenvalue weighted by molar-refractivity contribution is 6.03. The predicted octanol–water partition coefficient (Wildman–Crippen LogP) is 4.47. The maximum absolute atomic E-state index is 13.3. The van der Waals surface area contributed by atoms with Crippen molar-refractivity contribution >= 4 is 29.0 Å². The number of benzene rings is 3. The Morgan fingerprint density at radius 3 is 2.23 bits per heavy atom. The summed E-state index contributed by atoms with van der Waals surface area (Å²) in [6.45, 7) is 0.393. The van der Waals surface area contributed by atoms with Crippen LogP contribution in [0.3, 0.4) is 0 Å². The fraction of sp³-hybridized carbons (Fsp3) is 0.130. The van der Waals surface area contributed by atoms with Crippen molar-refractivity contribution in [1.82, 2.24) is 5.32 Å². The van der Waals surface area contributed by atoms with Gasteiger partial charge < -0.3 is 20.9 Å². The molecule has 3 N–H and O–H groups in total. The van der Waals surface area contributed by atoms with Crippen molar-refractivity contribution in [2.24, 2.45) is 0 Å². The maximum atomic E-state index is 13.3. The van der Waals surface area contributed by atoms with Crippen LogP contribution in [0.15, 0.2) is 72.8 Å². The molecule has 0 unspecified atom stereocenters. The molecule has 3 amide bonds. The van der Waals surface area contributed by atoms with Gasteiger partial charge in [-0.05, 0) is 42.0 Å². The Hall–Kier alpha value is -3.87. The molecule has 154 valence electrons. The lowest BCUT2D eigenvalue weighted by atomic mass is 10.1. The van der Waals surface area contributed by atoms with Crippen LogP contribution in [-0.4, -0.2) is 26.0 Å². The van der Waals surface area contributed by atoms with E-state index in [9.17, 15) is 14.0 Å². The maximum Gasteiger partial charge on any atom is 0.323 e. The van der Waals surface area contributed by atoms with Gasteiger partial charge in [0.2, 0.25) is 0 Å². The van der Waals surface area contributed by atoms with Crippen LogP contribution >= 0.6 is 0 Å². The van der Waals surface area contributed by atoms with Crippen LogP contribution in [0.2, 0.25) is 0 Å². The highest BCUT2D eigenvalue weighted by Gasteiger charge is 2.15. The average Bonchev–Trinajstić information content (AvgIpc) is 2.72. The third kappa shape index (κ3) is 5.57. The zero-order valence-corrected chi connectivity index (χ0v) is 16.8. The van der Waals surface area contributed by atoms with Crippen LogP contribution in [0.5, 0.6) is 0 Å². The van der Waals surface area contributed by atoms with E-state index in [1.54, 1.807) is 24.3 Å². The molecule has 0 saturated carbocycles. The molecule has 3 aromatic rings. The van der Waals surface area contributed by atoms with Crippen molar-refractivity contribution < 1.29 is 14.0 Å². The van der Waals surface area contributed by atoms with Gasteiger partial charge in [0, 0.05) is 37.7 Å². The van der Waals surface area contributed by atoms with Gasteiger partial charge in [0.1, 0.15) is 5.82 Å². The molecule has 0 fully saturated rings. The summed E-state index contributed by atoms with van der Waals surface area (Å²) < 4.78 is 13.3. The van der Waals surface area contributed by atoms with Crippen molar-refractivity contribution in [2.45, 2.75) is 6.54 Å². The molecule has 0 spiro atoms. The third-order valence-electron chi connectivity index (χ3n) is 4.36. The second-order valence-electron chi connectivity index (χ2n) is 6.88. The van der Waals surface area contributed by atoms with Crippen molar-refractivity contribution in [3.8, 4) is 0 Å². The topological polar surface area (TPSA) is 73.5 Å². The van der Waals surface area contributed by atoms with E-state index in [1.165, 1.54) is 18.2 Å². The number of carbonyl (C=O) groups excluding carboxylic acids is 2. The van der Waals surface area contributed by atoms with Gasteiger partial charge in [0.25, 0.3) is 5.91 Å². The quantitative estimate of drug-likeness (QED) is 0.566. The van der Waals surface area contributed by atoms with E-state index in [0.717, 1.165) is 11.3 Å². The number of anilines is 3. The molecular weight excluding hydrogens is 383 g/mol. The van der Waals surface area contributed by atoms with Crippen LogP contribution in [0.1, 0.15) is 15.9 Å². The molecule has 0 aliphatic carbocycles. The number of hydrogen-bond donors (Lipinski definition) is 3. The molecule has 0 aliphatic rings. The van der Waals surface area contributed by atoms with Crippen LogP contribution in [0.25, 0.3) is 0 Å². The Labute approximate surface area is 174 Å². The second kappa shape index (κ2) is 9.56. The molecule has 30 heavy (non-hydrogen) atoms. The Morgan fingerprint density at radius 1 is 0.867 bits per heavy atom. The van der Waals surface area contributed by atoms with Gasteiger partial charge in [-0.3, -0.25) is 4.79 Å². The summed E-state index contributed by atoms with van der Waals surface area (Å²) in [7, 11) is 3.68. The molecule has 0 aromatic heterocycles. The molecule has 0 heterocycles. The summed E-state index contributed by atoms with van der Waals surface area (Å²) >= 11 is 0. The fourth-order valence-corrected chi connectivity index (χ4v) is 2.92. The molecule has 0 aliphatic heterocycles. The summed E-state index contributed by atoms with van der Waals surface area (Å²) in [5.74, 6) is -0.697. The van der Waals surface area contributed by atoms with E-state index in [-0.39, 0.29) is 5.91 Å². The highest BCUT2D eigenvalue weighted by atomic mass is 19.1. The van der Waals surface area contributed by atoms with Crippen LogP contribution in [0, 0.1) is 5.82 Å². The molecule has 6 nitrogen and oxygen atoms in total. The number of nitrogens with one attached hydrogen (secondary N) is 3. The van der Waals surface area contributed by atoms with Crippen LogP contribution < -0.4 is 20.9 Å². The Bertz CT molecular complexity index is 1040. The number of carbonyl (C=O) groups is 2. The Morgan fingerprint density at radius 2 is 1.57 bits per heavy atom. The standard InChI is InChI=1S/C23H23FN4O2/c1-28(2)21-12-11-19(27-23(30)26-18-10-6-9-17(24)13-18)14-20(21)22(29)25-15-16-7-4-3-5-8-16/h3-14H,15H2,1-2H3,(H,25,29)(H2,26,27,30). The summed E-state index contributed by atoms with van der Waals surface area (Å²) in [6.07, 6.45) is 0. The molecule has 0 atom stereocenters. The summed E-state index contributed by atoms with van der Waals surface area (Å²) in [5.41, 5.74) is 2.91. The van der Waals surface area contributed by atoms with Gasteiger partial charge in [-0.25, -0.2) is 9.18 Å². The first-order chi connectivity index (χ1) is 14.4. The number of halogens is 1. The van der Waals surface area contributed by atoms with Gasteiger partial charge in [-0.2, -0.15) is 0 Å². The minimum atomic E-state index is -0.533. The zero-order chi connectivity index (χ0) is 21.5. The lowest BCUT2D eigenvalue weighted by Gasteiger charge is -2.18. The zero-order valence-electron chi connectivity index (χ0n) is 16.8. The Kier molecular flexibility index (Phi) is 6.64. The number of rotatable bonds is 6. The van der Waals surface area contributed by atoms with Gasteiger partial charge in [0.05, 0.1) is 5.56 Å². The molecule has 3 aromatic carbocycles. The SMILES string of the molecule is CN(C)c1ccc(NC(=O)Nc2cccc(F)c2)cc1C(=O)NCc1ccccc1. The van der Waals surface area contributed by atoms with E-state index >= 15 is 0 Å². The second-order valence-corrected chi connectivity index (χ2v) is 6.88. The number of hydrogen-bond acceptors (Lipinski definition) is 3. The molecule has 0 radical (unpaired) electrons.